The molecule has 0 saturated carbocycles. The lowest BCUT2D eigenvalue weighted by Crippen LogP contribution is -2.21. The van der Waals surface area contributed by atoms with E-state index in [1.54, 1.807) is 5.51 Å². The maximum atomic E-state index is 12.3. The average Bonchev–Trinajstić information content (AvgIpc) is 3.10. The number of thiazole rings is 1. The van der Waals surface area contributed by atoms with E-state index in [1.807, 2.05) is 25.1 Å². The molecule has 3 rings (SSSR count). The molecule has 1 aromatic heterocycles. The number of amides is 1. The van der Waals surface area contributed by atoms with E-state index in [-0.39, 0.29) is 5.91 Å². The zero-order valence-corrected chi connectivity index (χ0v) is 12.2. The molecule has 1 fully saturated rings. The van der Waals surface area contributed by atoms with Crippen LogP contribution in [0.5, 0.6) is 0 Å². The van der Waals surface area contributed by atoms with Gasteiger partial charge in [0.05, 0.1) is 22.6 Å². The Hall–Kier alpha value is -1.88. The van der Waals surface area contributed by atoms with Crippen LogP contribution in [0.25, 0.3) is 0 Å². The summed E-state index contributed by atoms with van der Waals surface area (Å²) in [6, 6.07) is 8.00. The molecule has 1 aromatic carbocycles. The first-order chi connectivity index (χ1) is 9.75. The van der Waals surface area contributed by atoms with Crippen molar-refractivity contribution in [2.45, 2.75) is 19.8 Å². The number of aromatic nitrogens is 1. The topological polar surface area (TPSA) is 45.2 Å². The third-order valence-electron chi connectivity index (χ3n) is 3.55. The Morgan fingerprint density at radius 2 is 2.05 bits per heavy atom. The van der Waals surface area contributed by atoms with Crippen LogP contribution in [0, 0.1) is 6.92 Å². The van der Waals surface area contributed by atoms with Crippen LogP contribution in [0.4, 0.5) is 11.4 Å². The van der Waals surface area contributed by atoms with Gasteiger partial charge in [-0.1, -0.05) is 12.1 Å². The number of nitrogens with zero attached hydrogens (tertiary/aromatic N) is 2. The normalized spacial score (nSPS) is 14.6. The van der Waals surface area contributed by atoms with Crippen molar-refractivity contribution >= 4 is 28.6 Å². The predicted molar refractivity (Wildman–Crippen MR) is 82.7 cm³/mol. The number of rotatable bonds is 3. The Balaban J connectivity index is 1.84. The summed E-state index contributed by atoms with van der Waals surface area (Å²) in [6.07, 6.45) is 2.44. The van der Waals surface area contributed by atoms with Crippen molar-refractivity contribution in [1.29, 1.82) is 0 Å². The second-order valence-electron chi connectivity index (χ2n) is 4.93. The minimum absolute atomic E-state index is 0.0725. The average molecular weight is 287 g/mol. The van der Waals surface area contributed by atoms with Gasteiger partial charge in [-0.25, -0.2) is 4.98 Å². The number of benzene rings is 1. The second-order valence-corrected chi connectivity index (χ2v) is 5.79. The van der Waals surface area contributed by atoms with E-state index in [0.29, 0.717) is 4.88 Å². The fraction of sp³-hybridized carbons (Fsp3) is 0.333. The monoisotopic (exact) mass is 287 g/mol. The number of carbonyl (C=O) groups is 1. The molecule has 2 heterocycles. The molecule has 1 aliphatic rings. The smallest absolute Gasteiger partial charge is 0.267 e. The molecule has 1 saturated heterocycles. The van der Waals surface area contributed by atoms with Crippen molar-refractivity contribution in [1.82, 2.24) is 4.98 Å². The van der Waals surface area contributed by atoms with Gasteiger partial charge in [-0.2, -0.15) is 0 Å². The van der Waals surface area contributed by atoms with Crippen LogP contribution < -0.4 is 10.2 Å². The molecule has 0 atom stereocenters. The highest BCUT2D eigenvalue weighted by Crippen LogP contribution is 2.29. The van der Waals surface area contributed by atoms with E-state index in [2.05, 4.69) is 21.3 Å². The summed E-state index contributed by atoms with van der Waals surface area (Å²) in [4.78, 5) is 19.4. The first-order valence-electron chi connectivity index (χ1n) is 6.81. The van der Waals surface area contributed by atoms with Crippen LogP contribution in [0.15, 0.2) is 29.8 Å². The summed E-state index contributed by atoms with van der Waals surface area (Å²) >= 11 is 1.38. The van der Waals surface area contributed by atoms with Crippen LogP contribution in [-0.2, 0) is 0 Å². The van der Waals surface area contributed by atoms with Gasteiger partial charge in [-0.15, -0.1) is 11.3 Å². The minimum Gasteiger partial charge on any atom is -0.370 e. The number of hydrogen-bond acceptors (Lipinski definition) is 4. The highest BCUT2D eigenvalue weighted by molar-refractivity contribution is 7.12. The maximum absolute atomic E-state index is 12.3. The first kappa shape index (κ1) is 13.1. The Morgan fingerprint density at radius 1 is 1.30 bits per heavy atom. The molecule has 1 aliphatic heterocycles. The molecular formula is C15H17N3OS. The first-order valence-corrected chi connectivity index (χ1v) is 7.69. The Bertz CT molecular complexity index is 617. The third kappa shape index (κ3) is 2.54. The number of para-hydroxylation sites is 2. The van der Waals surface area contributed by atoms with Gasteiger partial charge < -0.3 is 10.2 Å². The Morgan fingerprint density at radius 3 is 2.75 bits per heavy atom. The maximum Gasteiger partial charge on any atom is 0.267 e. The number of nitrogens with one attached hydrogen (secondary N) is 1. The lowest BCUT2D eigenvalue weighted by molar-refractivity contribution is 0.103. The molecule has 0 aliphatic carbocycles. The summed E-state index contributed by atoms with van der Waals surface area (Å²) in [5.74, 6) is -0.0725. The largest absolute Gasteiger partial charge is 0.370 e. The van der Waals surface area contributed by atoms with Gasteiger partial charge in [-0.05, 0) is 31.9 Å². The van der Waals surface area contributed by atoms with E-state index in [9.17, 15) is 4.79 Å². The number of aryl methyl sites for hydroxylation is 1. The van der Waals surface area contributed by atoms with Crippen LogP contribution in [0.3, 0.4) is 0 Å². The van der Waals surface area contributed by atoms with Crippen molar-refractivity contribution in [2.75, 3.05) is 23.3 Å². The lowest BCUT2D eigenvalue weighted by atomic mass is 10.2. The molecule has 104 valence electrons. The molecule has 20 heavy (non-hydrogen) atoms. The van der Waals surface area contributed by atoms with E-state index >= 15 is 0 Å². The predicted octanol–water partition coefficient (Wildman–Crippen LogP) is 3.30. The summed E-state index contributed by atoms with van der Waals surface area (Å²) in [5, 5.41) is 3.02. The molecule has 1 amide bonds. The fourth-order valence-electron chi connectivity index (χ4n) is 2.51. The molecule has 0 bridgehead atoms. The van der Waals surface area contributed by atoms with Crippen molar-refractivity contribution in [3.8, 4) is 0 Å². The van der Waals surface area contributed by atoms with E-state index in [1.165, 1.54) is 24.2 Å². The van der Waals surface area contributed by atoms with Gasteiger partial charge in [0.1, 0.15) is 4.88 Å². The highest BCUT2D eigenvalue weighted by atomic mass is 32.1. The molecule has 4 nitrogen and oxygen atoms in total. The zero-order chi connectivity index (χ0) is 13.9. The number of anilines is 2. The van der Waals surface area contributed by atoms with Gasteiger partial charge in [0.2, 0.25) is 0 Å². The van der Waals surface area contributed by atoms with Gasteiger partial charge in [0, 0.05) is 13.1 Å². The van der Waals surface area contributed by atoms with Crippen molar-refractivity contribution in [3.63, 3.8) is 0 Å². The summed E-state index contributed by atoms with van der Waals surface area (Å²) < 4.78 is 0. The summed E-state index contributed by atoms with van der Waals surface area (Å²) in [5.41, 5.74) is 4.48. The van der Waals surface area contributed by atoms with Crippen molar-refractivity contribution < 1.29 is 4.79 Å². The van der Waals surface area contributed by atoms with Gasteiger partial charge in [0.25, 0.3) is 5.91 Å². The van der Waals surface area contributed by atoms with Gasteiger partial charge in [-0.3, -0.25) is 4.79 Å². The van der Waals surface area contributed by atoms with Crippen LogP contribution in [0.1, 0.15) is 28.2 Å². The molecule has 0 radical (unpaired) electrons. The highest BCUT2D eigenvalue weighted by Gasteiger charge is 2.18. The van der Waals surface area contributed by atoms with Crippen LogP contribution in [-0.4, -0.2) is 24.0 Å². The zero-order valence-electron chi connectivity index (χ0n) is 11.4. The van der Waals surface area contributed by atoms with Crippen molar-refractivity contribution in [2.24, 2.45) is 0 Å². The van der Waals surface area contributed by atoms with Gasteiger partial charge >= 0.3 is 0 Å². The Labute approximate surface area is 122 Å². The van der Waals surface area contributed by atoms with E-state index in [4.69, 9.17) is 0 Å². The van der Waals surface area contributed by atoms with Crippen LogP contribution in [0.2, 0.25) is 0 Å². The molecule has 2 aromatic rings. The fourth-order valence-corrected chi connectivity index (χ4v) is 3.21. The molecule has 0 unspecified atom stereocenters. The van der Waals surface area contributed by atoms with Crippen molar-refractivity contribution in [3.05, 3.63) is 40.3 Å². The second kappa shape index (κ2) is 5.63. The molecule has 5 heteroatoms. The standard InChI is InChI=1S/C15H17N3OS/c1-11-14(20-10-16-11)15(19)17-12-6-2-3-7-13(12)18-8-4-5-9-18/h2-3,6-7,10H,4-5,8-9H2,1H3,(H,17,19). The van der Waals surface area contributed by atoms with E-state index in [0.717, 1.165) is 30.2 Å². The molecular weight excluding hydrogens is 270 g/mol. The van der Waals surface area contributed by atoms with E-state index < -0.39 is 0 Å². The third-order valence-corrected chi connectivity index (χ3v) is 4.48. The summed E-state index contributed by atoms with van der Waals surface area (Å²) in [7, 11) is 0. The summed E-state index contributed by atoms with van der Waals surface area (Å²) in [6.45, 7) is 3.98. The number of hydrogen-bond donors (Lipinski definition) is 1. The Kier molecular flexibility index (Phi) is 3.69. The molecule has 0 spiro atoms. The number of carbonyl (C=O) groups excluding carboxylic acids is 1. The minimum atomic E-state index is -0.0725. The van der Waals surface area contributed by atoms with Gasteiger partial charge in [0.15, 0.2) is 0 Å². The molecule has 1 N–H and O–H groups in total. The lowest BCUT2D eigenvalue weighted by Gasteiger charge is -2.21. The van der Waals surface area contributed by atoms with Crippen LogP contribution >= 0.6 is 11.3 Å². The SMILES string of the molecule is Cc1ncsc1C(=O)Nc1ccccc1N1CCCC1. The quantitative estimate of drug-likeness (QED) is 0.942.